The van der Waals surface area contributed by atoms with Gasteiger partial charge in [0.25, 0.3) is 10.0 Å². The number of nitrogens with zero attached hydrogens (tertiary/aromatic N) is 2. The number of hydrogen-bond acceptors (Lipinski definition) is 5. The number of hydrogen-bond donors (Lipinski definition) is 1. The van der Waals surface area contributed by atoms with Gasteiger partial charge < -0.3 is 15.0 Å². The Morgan fingerprint density at radius 3 is 2.07 bits per heavy atom. The molecule has 0 aliphatic heterocycles. The second-order valence-corrected chi connectivity index (χ2v) is 11.7. The van der Waals surface area contributed by atoms with Gasteiger partial charge >= 0.3 is 0 Å². The van der Waals surface area contributed by atoms with Gasteiger partial charge in [-0.3, -0.25) is 13.9 Å². The van der Waals surface area contributed by atoms with E-state index in [4.69, 9.17) is 4.74 Å². The standard InChI is InChI=1S/C32H41N3O5S/c1-5-25(4)33-32(37)28(6-2)34(23-22-26-16-10-8-11-17-26)31(36)24-35(29-20-14-15-21-30(29)40-7-3)41(38,39)27-18-12-9-13-19-27/h8-21,25,28H,5-7,22-24H2,1-4H3,(H,33,37)/t25-,28+/m1/s1. The molecule has 9 heteroatoms. The van der Waals surface area contributed by atoms with E-state index in [9.17, 15) is 18.0 Å². The van der Waals surface area contributed by atoms with Crippen molar-refractivity contribution in [3.05, 3.63) is 90.5 Å². The van der Waals surface area contributed by atoms with Crippen LogP contribution in [0.1, 0.15) is 46.1 Å². The molecule has 1 N–H and O–H groups in total. The maximum Gasteiger partial charge on any atom is 0.264 e. The van der Waals surface area contributed by atoms with Gasteiger partial charge in [0.15, 0.2) is 0 Å². The van der Waals surface area contributed by atoms with Gasteiger partial charge in [0, 0.05) is 12.6 Å². The predicted octanol–water partition coefficient (Wildman–Crippen LogP) is 5.05. The third kappa shape index (κ3) is 8.33. The lowest BCUT2D eigenvalue weighted by atomic mass is 10.1. The number of carbonyl (C=O) groups excluding carboxylic acids is 2. The monoisotopic (exact) mass is 579 g/mol. The summed E-state index contributed by atoms with van der Waals surface area (Å²) in [7, 11) is -4.16. The Bertz CT molecular complexity index is 1370. The molecule has 3 rings (SSSR count). The molecule has 0 fully saturated rings. The Balaban J connectivity index is 2.04. The summed E-state index contributed by atoms with van der Waals surface area (Å²) in [6.07, 6.45) is 1.64. The van der Waals surface area contributed by atoms with Gasteiger partial charge in [-0.05, 0) is 62.9 Å². The van der Waals surface area contributed by atoms with Gasteiger partial charge in [-0.25, -0.2) is 8.42 Å². The minimum atomic E-state index is -4.16. The van der Waals surface area contributed by atoms with E-state index in [0.29, 0.717) is 25.2 Å². The van der Waals surface area contributed by atoms with Crippen LogP contribution in [0.4, 0.5) is 5.69 Å². The van der Waals surface area contributed by atoms with E-state index in [1.807, 2.05) is 58.0 Å². The molecule has 0 spiro atoms. The van der Waals surface area contributed by atoms with Crippen LogP contribution in [0.25, 0.3) is 0 Å². The number of para-hydroxylation sites is 2. The first-order chi connectivity index (χ1) is 19.7. The van der Waals surface area contributed by atoms with Crippen LogP contribution in [0, 0.1) is 0 Å². The minimum absolute atomic E-state index is 0.0523. The second kappa shape index (κ2) is 15.2. The molecule has 0 unspecified atom stereocenters. The highest BCUT2D eigenvalue weighted by Gasteiger charge is 2.34. The highest BCUT2D eigenvalue weighted by Crippen LogP contribution is 2.32. The van der Waals surface area contributed by atoms with E-state index in [1.165, 1.54) is 17.0 Å². The number of sulfonamides is 1. The molecule has 0 aromatic heterocycles. The molecule has 0 radical (unpaired) electrons. The number of rotatable bonds is 15. The second-order valence-electron chi connectivity index (χ2n) is 9.79. The number of anilines is 1. The maximum absolute atomic E-state index is 14.2. The third-order valence-corrected chi connectivity index (χ3v) is 8.69. The average molecular weight is 580 g/mol. The number of nitrogens with one attached hydrogen (secondary N) is 1. The summed E-state index contributed by atoms with van der Waals surface area (Å²) in [6.45, 7) is 7.63. The Morgan fingerprint density at radius 1 is 0.854 bits per heavy atom. The first-order valence-electron chi connectivity index (χ1n) is 14.2. The van der Waals surface area contributed by atoms with Crippen LogP contribution in [0.3, 0.4) is 0 Å². The van der Waals surface area contributed by atoms with Gasteiger partial charge in [-0.1, -0.05) is 74.5 Å². The topological polar surface area (TPSA) is 96.0 Å². The van der Waals surface area contributed by atoms with Crippen molar-refractivity contribution in [2.24, 2.45) is 0 Å². The Hall–Kier alpha value is -3.85. The number of carbonyl (C=O) groups is 2. The maximum atomic E-state index is 14.2. The zero-order valence-electron chi connectivity index (χ0n) is 24.3. The number of ether oxygens (including phenoxy) is 1. The van der Waals surface area contributed by atoms with E-state index < -0.39 is 28.5 Å². The van der Waals surface area contributed by atoms with Crippen LogP contribution in [-0.2, 0) is 26.0 Å². The fourth-order valence-corrected chi connectivity index (χ4v) is 5.96. The van der Waals surface area contributed by atoms with Crippen molar-refractivity contribution in [3.8, 4) is 5.75 Å². The number of benzene rings is 3. The molecule has 41 heavy (non-hydrogen) atoms. The lowest BCUT2D eigenvalue weighted by molar-refractivity contribution is -0.139. The third-order valence-electron chi connectivity index (χ3n) is 6.92. The molecular weight excluding hydrogens is 538 g/mol. The average Bonchev–Trinajstić information content (AvgIpc) is 2.99. The van der Waals surface area contributed by atoms with Gasteiger partial charge in [0.1, 0.15) is 18.3 Å². The number of amides is 2. The van der Waals surface area contributed by atoms with Crippen molar-refractivity contribution in [1.82, 2.24) is 10.2 Å². The summed E-state index contributed by atoms with van der Waals surface area (Å²) in [4.78, 5) is 29.1. The normalized spacial score (nSPS) is 12.7. The van der Waals surface area contributed by atoms with E-state index in [2.05, 4.69) is 5.32 Å². The van der Waals surface area contributed by atoms with Crippen LogP contribution in [0.15, 0.2) is 89.8 Å². The molecule has 0 aliphatic carbocycles. The summed E-state index contributed by atoms with van der Waals surface area (Å²) in [5, 5.41) is 3.00. The van der Waals surface area contributed by atoms with Crippen molar-refractivity contribution in [2.45, 2.75) is 63.9 Å². The predicted molar refractivity (Wildman–Crippen MR) is 162 cm³/mol. The molecule has 2 atom stereocenters. The Morgan fingerprint density at radius 2 is 1.46 bits per heavy atom. The van der Waals surface area contributed by atoms with E-state index in [1.54, 1.807) is 42.5 Å². The zero-order valence-corrected chi connectivity index (χ0v) is 25.1. The van der Waals surface area contributed by atoms with Crippen molar-refractivity contribution in [2.75, 3.05) is 24.0 Å². The molecule has 220 valence electrons. The fraction of sp³-hybridized carbons (Fsp3) is 0.375. The van der Waals surface area contributed by atoms with Gasteiger partial charge in [0.05, 0.1) is 17.2 Å². The van der Waals surface area contributed by atoms with Crippen molar-refractivity contribution >= 4 is 27.5 Å². The highest BCUT2D eigenvalue weighted by molar-refractivity contribution is 7.92. The van der Waals surface area contributed by atoms with E-state index >= 15 is 0 Å². The first-order valence-corrected chi connectivity index (χ1v) is 15.6. The van der Waals surface area contributed by atoms with Gasteiger partial charge in [0.2, 0.25) is 11.8 Å². The lowest BCUT2D eigenvalue weighted by Crippen LogP contribution is -2.54. The molecule has 2 amide bonds. The van der Waals surface area contributed by atoms with Crippen LogP contribution in [-0.4, -0.2) is 56.9 Å². The molecule has 0 aliphatic rings. The first kappa shape index (κ1) is 31.7. The zero-order chi connectivity index (χ0) is 29.8. The Kier molecular flexibility index (Phi) is 11.8. The van der Waals surface area contributed by atoms with Crippen LogP contribution < -0.4 is 14.4 Å². The smallest absolute Gasteiger partial charge is 0.264 e. The lowest BCUT2D eigenvalue weighted by Gasteiger charge is -2.34. The minimum Gasteiger partial charge on any atom is -0.492 e. The largest absolute Gasteiger partial charge is 0.492 e. The molecule has 0 saturated heterocycles. The summed E-state index contributed by atoms with van der Waals surface area (Å²) in [5.74, 6) is -0.381. The van der Waals surface area contributed by atoms with Crippen molar-refractivity contribution < 1.29 is 22.7 Å². The van der Waals surface area contributed by atoms with Gasteiger partial charge in [-0.2, -0.15) is 0 Å². The molecule has 0 saturated carbocycles. The summed E-state index contributed by atoms with van der Waals surface area (Å²) in [6, 6.07) is 23.6. The SMILES string of the molecule is CCOc1ccccc1N(CC(=O)N(CCc1ccccc1)[C@@H](CC)C(=O)N[C@H](C)CC)S(=O)(=O)c1ccccc1. The summed E-state index contributed by atoms with van der Waals surface area (Å²) >= 11 is 0. The molecule has 0 bridgehead atoms. The Labute approximate surface area is 244 Å². The molecular formula is C32H41N3O5S. The van der Waals surface area contributed by atoms with Crippen LogP contribution in [0.5, 0.6) is 5.75 Å². The van der Waals surface area contributed by atoms with Gasteiger partial charge in [-0.15, -0.1) is 0 Å². The fourth-order valence-electron chi connectivity index (χ4n) is 4.51. The van der Waals surface area contributed by atoms with E-state index in [-0.39, 0.29) is 29.1 Å². The molecule has 3 aromatic carbocycles. The summed E-state index contributed by atoms with van der Waals surface area (Å²) < 4.78 is 34.9. The van der Waals surface area contributed by atoms with Crippen LogP contribution >= 0.6 is 0 Å². The quantitative estimate of drug-likeness (QED) is 0.272. The summed E-state index contributed by atoms with van der Waals surface area (Å²) in [5.41, 5.74) is 1.27. The molecule has 8 nitrogen and oxygen atoms in total. The van der Waals surface area contributed by atoms with E-state index in [0.717, 1.165) is 16.3 Å². The molecule has 3 aromatic rings. The van der Waals surface area contributed by atoms with Crippen molar-refractivity contribution in [3.63, 3.8) is 0 Å². The molecule has 0 heterocycles. The van der Waals surface area contributed by atoms with Crippen molar-refractivity contribution in [1.29, 1.82) is 0 Å². The highest BCUT2D eigenvalue weighted by atomic mass is 32.2. The van der Waals surface area contributed by atoms with Crippen LogP contribution in [0.2, 0.25) is 0 Å².